The summed E-state index contributed by atoms with van der Waals surface area (Å²) in [6.45, 7) is 1.79. The molecule has 0 aliphatic heterocycles. The molecule has 0 N–H and O–H groups in total. The molecule has 0 fully saturated rings. The number of aryl methyl sites for hydroxylation is 1. The van der Waals surface area contributed by atoms with Crippen LogP contribution in [-0.2, 0) is 0 Å². The monoisotopic (exact) mass is 256 g/mol. The van der Waals surface area contributed by atoms with Crippen molar-refractivity contribution in [3.8, 4) is 11.4 Å². The summed E-state index contributed by atoms with van der Waals surface area (Å²) in [5, 5.41) is 3.60. The fourth-order valence-electron chi connectivity index (χ4n) is 1.27. The van der Waals surface area contributed by atoms with Crippen molar-refractivity contribution in [1.82, 2.24) is 10.1 Å². The zero-order valence-electron chi connectivity index (χ0n) is 7.29. The normalized spacial score (nSPS) is 10.5. The molecule has 0 amide bonds. The van der Waals surface area contributed by atoms with Crippen molar-refractivity contribution in [2.45, 2.75) is 6.92 Å². The molecule has 14 heavy (non-hydrogen) atoms. The molecular weight excluding hydrogens is 251 g/mol. The Kier molecular flexibility index (Phi) is 2.33. The van der Waals surface area contributed by atoms with Gasteiger partial charge < -0.3 is 4.52 Å². The number of nitrogens with zero attached hydrogens (tertiary/aromatic N) is 2. The number of hydrogen-bond donors (Lipinski definition) is 0. The summed E-state index contributed by atoms with van der Waals surface area (Å²) in [5.41, 5.74) is 1.14. The molecule has 0 saturated heterocycles. The molecule has 0 aliphatic rings. The second-order valence-electron chi connectivity index (χ2n) is 2.83. The van der Waals surface area contributed by atoms with E-state index in [0.717, 1.165) is 5.56 Å². The van der Waals surface area contributed by atoms with Crippen molar-refractivity contribution in [2.75, 3.05) is 0 Å². The highest BCUT2D eigenvalue weighted by Crippen LogP contribution is 2.26. The van der Waals surface area contributed by atoms with Crippen molar-refractivity contribution in [1.29, 1.82) is 0 Å². The standard InChI is InChI=1S/C9H6BrFN2O/c1-5-2-6(10)3-7(11)8(5)9-12-4-14-13-9/h2-4H,1H3. The van der Waals surface area contributed by atoms with E-state index < -0.39 is 0 Å². The largest absolute Gasteiger partial charge is 0.342 e. The van der Waals surface area contributed by atoms with Crippen LogP contribution in [-0.4, -0.2) is 10.1 Å². The van der Waals surface area contributed by atoms with Crippen LogP contribution >= 0.6 is 15.9 Å². The van der Waals surface area contributed by atoms with Gasteiger partial charge in [0.25, 0.3) is 0 Å². The van der Waals surface area contributed by atoms with Gasteiger partial charge in [-0.1, -0.05) is 21.1 Å². The van der Waals surface area contributed by atoms with Gasteiger partial charge in [0.15, 0.2) is 0 Å². The van der Waals surface area contributed by atoms with Crippen LogP contribution in [0.5, 0.6) is 0 Å². The maximum atomic E-state index is 13.5. The summed E-state index contributed by atoms with van der Waals surface area (Å²) in [7, 11) is 0. The zero-order valence-corrected chi connectivity index (χ0v) is 8.88. The number of halogens is 2. The average Bonchev–Trinajstić information content (AvgIpc) is 2.54. The van der Waals surface area contributed by atoms with E-state index in [2.05, 4.69) is 30.6 Å². The Balaban J connectivity index is 2.64. The van der Waals surface area contributed by atoms with Gasteiger partial charge in [0.1, 0.15) is 5.82 Å². The third-order valence-electron chi connectivity index (χ3n) is 1.84. The first-order chi connectivity index (χ1) is 6.68. The van der Waals surface area contributed by atoms with Gasteiger partial charge in [0, 0.05) is 4.47 Å². The molecule has 0 aliphatic carbocycles. The van der Waals surface area contributed by atoms with Crippen LogP contribution in [0.2, 0.25) is 0 Å². The SMILES string of the molecule is Cc1cc(Br)cc(F)c1-c1ncon1. The minimum Gasteiger partial charge on any atom is -0.342 e. The van der Waals surface area contributed by atoms with Gasteiger partial charge in [-0.15, -0.1) is 0 Å². The highest BCUT2D eigenvalue weighted by Gasteiger charge is 2.13. The van der Waals surface area contributed by atoms with E-state index in [1.54, 1.807) is 13.0 Å². The molecule has 2 aromatic rings. The lowest BCUT2D eigenvalue weighted by Gasteiger charge is -2.03. The topological polar surface area (TPSA) is 38.9 Å². The molecule has 1 aromatic heterocycles. The van der Waals surface area contributed by atoms with E-state index in [1.165, 1.54) is 12.5 Å². The van der Waals surface area contributed by atoms with E-state index in [-0.39, 0.29) is 11.6 Å². The lowest BCUT2D eigenvalue weighted by Crippen LogP contribution is -1.91. The predicted molar refractivity (Wildman–Crippen MR) is 52.1 cm³/mol. The van der Waals surface area contributed by atoms with Crippen molar-refractivity contribution < 1.29 is 8.91 Å². The van der Waals surface area contributed by atoms with Gasteiger partial charge in [-0.3, -0.25) is 0 Å². The first-order valence-electron chi connectivity index (χ1n) is 3.91. The molecule has 1 aromatic carbocycles. The molecule has 0 bridgehead atoms. The summed E-state index contributed by atoms with van der Waals surface area (Å²) in [6, 6.07) is 3.17. The summed E-state index contributed by atoms with van der Waals surface area (Å²) >= 11 is 3.21. The van der Waals surface area contributed by atoms with Gasteiger partial charge in [-0.2, -0.15) is 4.98 Å². The lowest BCUT2D eigenvalue weighted by atomic mass is 10.1. The van der Waals surface area contributed by atoms with Crippen LogP contribution in [0.3, 0.4) is 0 Å². The number of aromatic nitrogens is 2. The molecule has 1 heterocycles. The molecule has 0 saturated carbocycles. The van der Waals surface area contributed by atoms with Crippen LogP contribution in [0.1, 0.15) is 5.56 Å². The zero-order chi connectivity index (χ0) is 10.1. The number of rotatable bonds is 1. The van der Waals surface area contributed by atoms with Crippen molar-refractivity contribution in [2.24, 2.45) is 0 Å². The quantitative estimate of drug-likeness (QED) is 0.788. The molecule has 0 unspecified atom stereocenters. The van der Waals surface area contributed by atoms with Crippen molar-refractivity contribution >= 4 is 15.9 Å². The van der Waals surface area contributed by atoms with E-state index in [9.17, 15) is 4.39 Å². The molecule has 2 rings (SSSR count). The Hall–Kier alpha value is -1.23. The Bertz CT molecular complexity index is 433. The van der Waals surface area contributed by atoms with E-state index in [1.807, 2.05) is 0 Å². The maximum Gasteiger partial charge on any atom is 0.214 e. The minimum absolute atomic E-state index is 0.271. The van der Waals surface area contributed by atoms with Crippen LogP contribution in [0.15, 0.2) is 27.5 Å². The smallest absolute Gasteiger partial charge is 0.214 e. The highest BCUT2D eigenvalue weighted by atomic mass is 79.9. The van der Waals surface area contributed by atoms with Crippen molar-refractivity contribution in [3.63, 3.8) is 0 Å². The van der Waals surface area contributed by atoms with Gasteiger partial charge >= 0.3 is 0 Å². The predicted octanol–water partition coefficient (Wildman–Crippen LogP) is 2.95. The van der Waals surface area contributed by atoms with E-state index in [0.29, 0.717) is 10.0 Å². The maximum absolute atomic E-state index is 13.5. The second kappa shape index (κ2) is 3.49. The fourth-order valence-corrected chi connectivity index (χ4v) is 1.81. The lowest BCUT2D eigenvalue weighted by molar-refractivity contribution is 0.418. The minimum atomic E-state index is -0.363. The first kappa shape index (κ1) is 9.33. The highest BCUT2D eigenvalue weighted by molar-refractivity contribution is 9.10. The summed E-state index contributed by atoms with van der Waals surface area (Å²) in [5.74, 6) is -0.0919. The van der Waals surface area contributed by atoms with E-state index in [4.69, 9.17) is 0 Å². The van der Waals surface area contributed by atoms with Gasteiger partial charge in [-0.05, 0) is 24.6 Å². The molecule has 0 spiro atoms. The Morgan fingerprint density at radius 3 is 2.79 bits per heavy atom. The van der Waals surface area contributed by atoms with Crippen LogP contribution in [0, 0.1) is 12.7 Å². The molecule has 3 nitrogen and oxygen atoms in total. The van der Waals surface area contributed by atoms with Crippen molar-refractivity contribution in [3.05, 3.63) is 34.4 Å². The third-order valence-corrected chi connectivity index (χ3v) is 2.29. The van der Waals surface area contributed by atoms with Crippen LogP contribution in [0.25, 0.3) is 11.4 Å². The summed E-state index contributed by atoms with van der Waals surface area (Å²) in [4.78, 5) is 3.80. The number of hydrogen-bond acceptors (Lipinski definition) is 3. The Labute approximate surface area is 88.1 Å². The fraction of sp³-hybridized carbons (Fsp3) is 0.111. The number of benzene rings is 1. The molecule has 72 valence electrons. The summed E-state index contributed by atoms with van der Waals surface area (Å²) in [6.07, 6.45) is 1.18. The van der Waals surface area contributed by atoms with E-state index >= 15 is 0 Å². The Morgan fingerprint density at radius 2 is 2.21 bits per heavy atom. The average molecular weight is 257 g/mol. The van der Waals surface area contributed by atoms with Gasteiger partial charge in [0.2, 0.25) is 12.2 Å². The Morgan fingerprint density at radius 1 is 1.43 bits per heavy atom. The molecular formula is C9H6BrFN2O. The van der Waals surface area contributed by atoms with Gasteiger partial charge in [0.05, 0.1) is 5.56 Å². The second-order valence-corrected chi connectivity index (χ2v) is 3.75. The third kappa shape index (κ3) is 1.55. The molecule has 0 radical (unpaired) electrons. The van der Waals surface area contributed by atoms with Crippen LogP contribution < -0.4 is 0 Å². The van der Waals surface area contributed by atoms with Gasteiger partial charge in [-0.25, -0.2) is 4.39 Å². The summed E-state index contributed by atoms with van der Waals surface area (Å²) < 4.78 is 18.8. The first-order valence-corrected chi connectivity index (χ1v) is 4.70. The molecule has 0 atom stereocenters. The molecule has 5 heteroatoms. The van der Waals surface area contributed by atoms with Crippen LogP contribution in [0.4, 0.5) is 4.39 Å².